The summed E-state index contributed by atoms with van der Waals surface area (Å²) in [6.45, 7) is 2.62. The van der Waals surface area contributed by atoms with Crippen LogP contribution in [0.1, 0.15) is 47.5 Å². The van der Waals surface area contributed by atoms with E-state index in [1.54, 1.807) is 16.2 Å². The number of carbonyl (C=O) groups excluding carboxylic acids is 1. The van der Waals surface area contributed by atoms with Crippen molar-refractivity contribution in [2.45, 2.75) is 49.8 Å². The van der Waals surface area contributed by atoms with Gasteiger partial charge in [0, 0.05) is 31.1 Å². The monoisotopic (exact) mass is 438 g/mol. The molecule has 2 aliphatic heterocycles. The fourth-order valence-electron chi connectivity index (χ4n) is 3.81. The first kappa shape index (κ1) is 20.6. The van der Waals surface area contributed by atoms with Crippen molar-refractivity contribution in [3.05, 3.63) is 40.3 Å². The number of ether oxygens (including phenoxy) is 1. The van der Waals surface area contributed by atoms with Crippen molar-refractivity contribution in [3.8, 4) is 0 Å². The van der Waals surface area contributed by atoms with Crippen LogP contribution in [0.15, 0.2) is 39.2 Å². The lowest BCUT2D eigenvalue weighted by atomic mass is 10.2. The fraction of sp³-hybridized carbons (Fsp3) is 0.550. The number of nitrogens with zero attached hydrogens (tertiary/aromatic N) is 2. The molecular formula is C20H26N2O5S2. The summed E-state index contributed by atoms with van der Waals surface area (Å²) in [7, 11) is -3.70. The van der Waals surface area contributed by atoms with Gasteiger partial charge < -0.3 is 14.1 Å². The van der Waals surface area contributed by atoms with Crippen LogP contribution in [-0.4, -0.2) is 55.9 Å². The Balaban J connectivity index is 1.52. The second-order valence-corrected chi connectivity index (χ2v) is 10.4. The summed E-state index contributed by atoms with van der Waals surface area (Å²) in [5, 5.41) is 1.82. The van der Waals surface area contributed by atoms with E-state index in [0.29, 0.717) is 32.8 Å². The number of furan rings is 1. The highest BCUT2D eigenvalue weighted by Gasteiger charge is 2.31. The van der Waals surface area contributed by atoms with Gasteiger partial charge in [-0.3, -0.25) is 4.79 Å². The van der Waals surface area contributed by atoms with Crippen molar-refractivity contribution in [1.29, 1.82) is 0 Å². The Hall–Kier alpha value is -1.68. The van der Waals surface area contributed by atoms with Gasteiger partial charge in [0.05, 0.1) is 12.6 Å². The van der Waals surface area contributed by atoms with Crippen molar-refractivity contribution in [1.82, 2.24) is 9.21 Å². The molecule has 2 aromatic heterocycles. The molecule has 9 heteroatoms. The van der Waals surface area contributed by atoms with Crippen LogP contribution in [0.5, 0.6) is 0 Å². The van der Waals surface area contributed by atoms with Crippen LogP contribution < -0.4 is 0 Å². The first-order chi connectivity index (χ1) is 14.0. The van der Waals surface area contributed by atoms with Gasteiger partial charge in [-0.2, -0.15) is 4.31 Å². The normalized spacial score (nSPS) is 20.8. The quantitative estimate of drug-likeness (QED) is 0.662. The highest BCUT2D eigenvalue weighted by molar-refractivity contribution is 7.89. The molecule has 4 heterocycles. The fourth-order valence-corrected chi connectivity index (χ4v) is 5.95. The van der Waals surface area contributed by atoms with Gasteiger partial charge in [0.2, 0.25) is 5.09 Å². The maximum absolute atomic E-state index is 13.1. The molecule has 1 unspecified atom stereocenters. The summed E-state index contributed by atoms with van der Waals surface area (Å²) in [4.78, 5) is 15.9. The minimum Gasteiger partial charge on any atom is -0.438 e. The molecule has 2 saturated heterocycles. The van der Waals surface area contributed by atoms with Gasteiger partial charge in [0.15, 0.2) is 5.76 Å². The van der Waals surface area contributed by atoms with Crippen molar-refractivity contribution >= 4 is 27.3 Å². The van der Waals surface area contributed by atoms with Gasteiger partial charge in [0.25, 0.3) is 15.9 Å². The van der Waals surface area contributed by atoms with Crippen molar-refractivity contribution in [2.75, 3.05) is 26.2 Å². The van der Waals surface area contributed by atoms with Crippen LogP contribution in [0.25, 0.3) is 0 Å². The standard InChI is InChI=1S/C20H26N2O5S2/c23-20(21(14-16-6-4-12-26-16)15-17-7-5-13-28-17)18-8-9-19(27-18)29(24,25)22-10-2-1-3-11-22/h5,7-9,13,16H,1-4,6,10-12,14-15H2. The number of hydrogen-bond donors (Lipinski definition) is 0. The molecule has 2 aliphatic rings. The van der Waals surface area contributed by atoms with Gasteiger partial charge >= 0.3 is 0 Å². The van der Waals surface area contributed by atoms with Crippen LogP contribution in [0.4, 0.5) is 0 Å². The molecule has 0 bridgehead atoms. The Morgan fingerprint density at radius 1 is 1.17 bits per heavy atom. The molecule has 0 aliphatic carbocycles. The van der Waals surface area contributed by atoms with Crippen LogP contribution in [-0.2, 0) is 21.3 Å². The summed E-state index contributed by atoms with van der Waals surface area (Å²) in [5.41, 5.74) is 0. The van der Waals surface area contributed by atoms with Gasteiger partial charge in [0.1, 0.15) is 0 Å². The lowest BCUT2D eigenvalue weighted by Gasteiger charge is -2.25. The number of amides is 1. The van der Waals surface area contributed by atoms with Gasteiger partial charge in [-0.15, -0.1) is 11.3 Å². The maximum atomic E-state index is 13.1. The number of thiophene rings is 1. The Kier molecular flexibility index (Phi) is 6.38. The Labute approximate surface area is 175 Å². The largest absolute Gasteiger partial charge is 0.438 e. The third-order valence-corrected chi connectivity index (χ3v) is 8.00. The van der Waals surface area contributed by atoms with E-state index in [2.05, 4.69) is 0 Å². The minimum absolute atomic E-state index is 0.00503. The summed E-state index contributed by atoms with van der Waals surface area (Å²) in [6, 6.07) is 6.79. The van der Waals surface area contributed by atoms with Crippen molar-refractivity contribution in [2.24, 2.45) is 0 Å². The molecule has 1 amide bonds. The number of sulfonamides is 1. The van der Waals surface area contributed by atoms with E-state index in [0.717, 1.165) is 37.0 Å². The maximum Gasteiger partial charge on any atom is 0.290 e. The lowest BCUT2D eigenvalue weighted by molar-refractivity contribution is 0.0482. The van der Waals surface area contributed by atoms with E-state index in [1.807, 2.05) is 17.5 Å². The highest BCUT2D eigenvalue weighted by Crippen LogP contribution is 2.24. The Morgan fingerprint density at radius 2 is 2.00 bits per heavy atom. The topological polar surface area (TPSA) is 80.1 Å². The third kappa shape index (κ3) is 4.74. The number of hydrogen-bond acceptors (Lipinski definition) is 6. The van der Waals surface area contributed by atoms with E-state index in [9.17, 15) is 13.2 Å². The molecule has 29 heavy (non-hydrogen) atoms. The molecule has 0 radical (unpaired) electrons. The van der Waals surface area contributed by atoms with Crippen molar-refractivity contribution in [3.63, 3.8) is 0 Å². The Morgan fingerprint density at radius 3 is 2.69 bits per heavy atom. The number of carbonyl (C=O) groups is 1. The van der Waals surface area contributed by atoms with Crippen LogP contribution >= 0.6 is 11.3 Å². The van der Waals surface area contributed by atoms with Crippen LogP contribution in [0.2, 0.25) is 0 Å². The average Bonchev–Trinajstić information content (AvgIpc) is 3.50. The second kappa shape index (κ2) is 8.99. The molecule has 0 spiro atoms. The average molecular weight is 439 g/mol. The van der Waals surface area contributed by atoms with Crippen molar-refractivity contribution < 1.29 is 22.4 Å². The summed E-state index contributed by atoms with van der Waals surface area (Å²) in [6.07, 6.45) is 4.65. The van der Waals surface area contributed by atoms with Crippen LogP contribution in [0, 0.1) is 0 Å². The first-order valence-corrected chi connectivity index (χ1v) is 12.4. The molecule has 158 valence electrons. The predicted molar refractivity (Wildman–Crippen MR) is 109 cm³/mol. The first-order valence-electron chi connectivity index (χ1n) is 10.1. The third-order valence-electron chi connectivity index (χ3n) is 5.36. The van der Waals surface area contributed by atoms with Gasteiger partial charge in [-0.1, -0.05) is 12.5 Å². The number of piperidine rings is 1. The molecular weight excluding hydrogens is 412 g/mol. The smallest absolute Gasteiger partial charge is 0.290 e. The molecule has 2 aromatic rings. The summed E-state index contributed by atoms with van der Waals surface area (Å²) < 4.78 is 38.4. The molecule has 0 saturated carbocycles. The van der Waals surface area contributed by atoms with E-state index >= 15 is 0 Å². The molecule has 0 aromatic carbocycles. The SMILES string of the molecule is O=C(c1ccc(S(=O)(=O)N2CCCCC2)o1)N(Cc1cccs1)CC1CCCO1. The molecule has 2 fully saturated rings. The predicted octanol–water partition coefficient (Wildman–Crippen LogP) is 3.34. The zero-order valence-corrected chi connectivity index (χ0v) is 17.9. The molecule has 4 rings (SSSR count). The van der Waals surface area contributed by atoms with E-state index in [4.69, 9.17) is 9.15 Å². The van der Waals surface area contributed by atoms with Crippen LogP contribution in [0.3, 0.4) is 0 Å². The van der Waals surface area contributed by atoms with Gasteiger partial charge in [-0.25, -0.2) is 8.42 Å². The Bertz CT molecular complexity index is 911. The zero-order chi connectivity index (χ0) is 20.3. The number of rotatable bonds is 7. The highest BCUT2D eigenvalue weighted by atomic mass is 32.2. The molecule has 7 nitrogen and oxygen atoms in total. The molecule has 0 N–H and O–H groups in total. The minimum atomic E-state index is -3.70. The zero-order valence-electron chi connectivity index (χ0n) is 16.3. The molecule has 1 atom stereocenters. The van der Waals surface area contributed by atoms with E-state index in [-0.39, 0.29) is 22.9 Å². The summed E-state index contributed by atoms with van der Waals surface area (Å²) in [5.74, 6) is -0.260. The second-order valence-electron chi connectivity index (χ2n) is 7.48. The van der Waals surface area contributed by atoms with Gasteiger partial charge in [-0.05, 0) is 49.3 Å². The lowest BCUT2D eigenvalue weighted by Crippen LogP contribution is -2.36. The summed E-state index contributed by atoms with van der Waals surface area (Å²) >= 11 is 1.58. The van der Waals surface area contributed by atoms with E-state index < -0.39 is 10.0 Å². The van der Waals surface area contributed by atoms with E-state index in [1.165, 1.54) is 16.4 Å².